The van der Waals surface area contributed by atoms with E-state index in [4.69, 9.17) is 10.4 Å². The van der Waals surface area contributed by atoms with Crippen LogP contribution in [-0.4, -0.2) is 58.6 Å². The highest BCUT2D eigenvalue weighted by molar-refractivity contribution is 7.18. The van der Waals surface area contributed by atoms with E-state index in [1.165, 1.54) is 21.7 Å². The Bertz CT molecular complexity index is 1340. The van der Waals surface area contributed by atoms with Crippen LogP contribution in [-0.2, 0) is 26.1 Å². The molecule has 35 heavy (non-hydrogen) atoms. The van der Waals surface area contributed by atoms with E-state index in [-0.39, 0.29) is 0 Å². The first-order valence-corrected chi connectivity index (χ1v) is 13.4. The average Bonchev–Trinajstić information content (AvgIpc) is 3.28. The number of para-hydroxylation sites is 1. The van der Waals surface area contributed by atoms with Crippen LogP contribution in [0.5, 0.6) is 0 Å². The summed E-state index contributed by atoms with van der Waals surface area (Å²) in [6.07, 6.45) is 2.88. The van der Waals surface area contributed by atoms with Gasteiger partial charge in [0.05, 0.1) is 11.7 Å². The van der Waals surface area contributed by atoms with Crippen molar-refractivity contribution in [2.24, 2.45) is 0 Å². The Morgan fingerprint density at radius 1 is 0.829 bits per heavy atom. The van der Waals surface area contributed by atoms with Gasteiger partial charge >= 0.3 is 0 Å². The molecule has 0 radical (unpaired) electrons. The highest BCUT2D eigenvalue weighted by Crippen LogP contribution is 2.32. The van der Waals surface area contributed by atoms with E-state index in [1.54, 1.807) is 11.3 Å². The number of rotatable bonds is 6. The molecule has 180 valence electrons. The van der Waals surface area contributed by atoms with Crippen molar-refractivity contribution in [2.45, 2.75) is 26.1 Å². The zero-order chi connectivity index (χ0) is 23.6. The molecule has 6 nitrogen and oxygen atoms in total. The molecule has 1 N–H and O–H groups in total. The standard InChI is InChI=1S/C28H32N6S/c29-27-26-24-11-12-32(19-22-7-3-1-4-8-22)20-25(24)35-28(26)30-21-34(27)18-15-31-13-16-33(17-14-31)23-9-5-2-6-10-23/h1-10,21,29H,11-20H2. The second-order valence-corrected chi connectivity index (χ2v) is 10.7. The Kier molecular flexibility index (Phi) is 6.37. The minimum atomic E-state index is 0.631. The normalized spacial score (nSPS) is 17.1. The molecule has 6 rings (SSSR count). The Balaban J connectivity index is 1.11. The number of thiophene rings is 1. The molecule has 0 saturated carbocycles. The lowest BCUT2D eigenvalue weighted by atomic mass is 10.0. The Morgan fingerprint density at radius 2 is 1.57 bits per heavy atom. The number of hydrogen-bond donors (Lipinski definition) is 1. The van der Waals surface area contributed by atoms with E-state index in [1.807, 2.05) is 6.33 Å². The van der Waals surface area contributed by atoms with Crippen molar-refractivity contribution in [2.75, 3.05) is 44.2 Å². The zero-order valence-electron chi connectivity index (χ0n) is 20.1. The monoisotopic (exact) mass is 484 g/mol. The van der Waals surface area contributed by atoms with Gasteiger partial charge in [-0.15, -0.1) is 11.3 Å². The number of hydrogen-bond acceptors (Lipinski definition) is 6. The van der Waals surface area contributed by atoms with Gasteiger partial charge in [-0.05, 0) is 29.7 Å². The number of fused-ring (bicyclic) bond motifs is 3. The van der Waals surface area contributed by atoms with Gasteiger partial charge in [0.1, 0.15) is 10.3 Å². The van der Waals surface area contributed by atoms with Crippen molar-refractivity contribution in [3.8, 4) is 0 Å². The fraction of sp³-hybridized carbons (Fsp3) is 0.357. The number of piperazine rings is 1. The summed E-state index contributed by atoms with van der Waals surface area (Å²) in [5.41, 5.74) is 4.66. The Morgan fingerprint density at radius 3 is 2.34 bits per heavy atom. The third-order valence-electron chi connectivity index (χ3n) is 7.36. The highest BCUT2D eigenvalue weighted by atomic mass is 32.1. The fourth-order valence-electron chi connectivity index (χ4n) is 5.36. The third-order valence-corrected chi connectivity index (χ3v) is 8.48. The molecule has 1 saturated heterocycles. The molecule has 2 aromatic heterocycles. The summed E-state index contributed by atoms with van der Waals surface area (Å²) >= 11 is 1.78. The molecule has 0 amide bonds. The number of anilines is 1. The molecular weight excluding hydrogens is 452 g/mol. The predicted octanol–water partition coefficient (Wildman–Crippen LogP) is 3.96. The van der Waals surface area contributed by atoms with Crippen molar-refractivity contribution >= 4 is 27.2 Å². The van der Waals surface area contributed by atoms with Crippen molar-refractivity contribution in [3.63, 3.8) is 0 Å². The number of benzene rings is 2. The largest absolute Gasteiger partial charge is 0.369 e. The number of nitrogens with zero attached hydrogens (tertiary/aromatic N) is 5. The maximum Gasteiger partial charge on any atom is 0.136 e. The molecule has 4 aromatic rings. The fourth-order valence-corrected chi connectivity index (χ4v) is 6.59. The highest BCUT2D eigenvalue weighted by Gasteiger charge is 2.23. The van der Waals surface area contributed by atoms with E-state index in [0.717, 1.165) is 75.5 Å². The van der Waals surface area contributed by atoms with Gasteiger partial charge in [0.25, 0.3) is 0 Å². The quantitative estimate of drug-likeness (QED) is 0.450. The van der Waals surface area contributed by atoms with E-state index in [2.05, 4.69) is 79.9 Å². The average molecular weight is 485 g/mol. The van der Waals surface area contributed by atoms with Gasteiger partial charge in [-0.2, -0.15) is 0 Å². The SMILES string of the molecule is N=c1c2c3c(sc2ncn1CCN1CCN(c2ccccc2)CC1)CN(Cc1ccccc1)CC3. The molecule has 2 aliphatic rings. The summed E-state index contributed by atoms with van der Waals surface area (Å²) in [4.78, 5) is 14.7. The van der Waals surface area contributed by atoms with Gasteiger partial charge in [0, 0.05) is 69.5 Å². The van der Waals surface area contributed by atoms with Gasteiger partial charge in [-0.3, -0.25) is 15.2 Å². The van der Waals surface area contributed by atoms with Crippen LogP contribution in [0.4, 0.5) is 5.69 Å². The molecule has 4 heterocycles. The summed E-state index contributed by atoms with van der Waals surface area (Å²) in [6, 6.07) is 21.4. The van der Waals surface area contributed by atoms with E-state index < -0.39 is 0 Å². The topological polar surface area (TPSA) is 51.4 Å². The molecule has 0 bridgehead atoms. The van der Waals surface area contributed by atoms with Crippen LogP contribution in [0.15, 0.2) is 67.0 Å². The summed E-state index contributed by atoms with van der Waals surface area (Å²) in [5, 5.41) is 10.1. The van der Waals surface area contributed by atoms with Gasteiger partial charge in [-0.1, -0.05) is 48.5 Å². The predicted molar refractivity (Wildman–Crippen MR) is 143 cm³/mol. The smallest absolute Gasteiger partial charge is 0.136 e. The van der Waals surface area contributed by atoms with Crippen molar-refractivity contribution in [1.82, 2.24) is 19.4 Å². The van der Waals surface area contributed by atoms with Crippen LogP contribution in [0.2, 0.25) is 0 Å². The minimum absolute atomic E-state index is 0.631. The third kappa shape index (κ3) is 4.76. The second-order valence-electron chi connectivity index (χ2n) is 9.58. The van der Waals surface area contributed by atoms with Gasteiger partial charge in [-0.25, -0.2) is 4.98 Å². The Labute approximate surface area is 210 Å². The molecule has 0 atom stereocenters. The summed E-state index contributed by atoms with van der Waals surface area (Å²) < 4.78 is 2.05. The van der Waals surface area contributed by atoms with Crippen LogP contribution < -0.4 is 10.4 Å². The minimum Gasteiger partial charge on any atom is -0.369 e. The lowest BCUT2D eigenvalue weighted by molar-refractivity contribution is 0.246. The van der Waals surface area contributed by atoms with Gasteiger partial charge < -0.3 is 9.47 Å². The zero-order valence-corrected chi connectivity index (χ0v) is 20.9. The molecular formula is C28H32N6S. The van der Waals surface area contributed by atoms with Crippen LogP contribution >= 0.6 is 11.3 Å². The molecule has 0 unspecified atom stereocenters. The van der Waals surface area contributed by atoms with Gasteiger partial charge in [0.15, 0.2) is 0 Å². The van der Waals surface area contributed by atoms with Crippen LogP contribution in [0.1, 0.15) is 16.0 Å². The second kappa shape index (κ2) is 9.93. The molecule has 2 aromatic carbocycles. The lowest BCUT2D eigenvalue weighted by Gasteiger charge is -2.36. The first-order chi connectivity index (χ1) is 17.2. The van der Waals surface area contributed by atoms with Crippen molar-refractivity contribution in [3.05, 3.63) is 88.5 Å². The Hall–Kier alpha value is -3.00. The van der Waals surface area contributed by atoms with Gasteiger partial charge in [0.2, 0.25) is 0 Å². The molecule has 7 heteroatoms. The van der Waals surface area contributed by atoms with E-state index in [0.29, 0.717) is 5.49 Å². The van der Waals surface area contributed by atoms with E-state index >= 15 is 0 Å². The molecule has 0 aliphatic carbocycles. The first kappa shape index (κ1) is 22.5. The maximum atomic E-state index is 8.98. The summed E-state index contributed by atoms with van der Waals surface area (Å²) in [5.74, 6) is 0. The number of aromatic nitrogens is 2. The maximum absolute atomic E-state index is 8.98. The number of nitrogens with one attached hydrogen (secondary N) is 1. The molecule has 1 fully saturated rings. The molecule has 2 aliphatic heterocycles. The summed E-state index contributed by atoms with van der Waals surface area (Å²) in [7, 11) is 0. The first-order valence-electron chi connectivity index (χ1n) is 12.6. The van der Waals surface area contributed by atoms with E-state index in [9.17, 15) is 0 Å². The van der Waals surface area contributed by atoms with Crippen LogP contribution in [0.3, 0.4) is 0 Å². The van der Waals surface area contributed by atoms with Crippen LogP contribution in [0, 0.1) is 5.41 Å². The molecule has 0 spiro atoms. The summed E-state index contributed by atoms with van der Waals surface area (Å²) in [6.45, 7) is 8.97. The van der Waals surface area contributed by atoms with Crippen molar-refractivity contribution in [1.29, 1.82) is 5.41 Å². The van der Waals surface area contributed by atoms with Crippen LogP contribution in [0.25, 0.3) is 10.2 Å². The lowest BCUT2D eigenvalue weighted by Crippen LogP contribution is -2.47. The van der Waals surface area contributed by atoms with Crippen molar-refractivity contribution < 1.29 is 0 Å².